The lowest BCUT2D eigenvalue weighted by atomic mass is 9.84. The molecule has 0 spiro atoms. The van der Waals surface area contributed by atoms with Gasteiger partial charge in [0.2, 0.25) is 0 Å². The van der Waals surface area contributed by atoms with Gasteiger partial charge in [-0.1, -0.05) is 13.8 Å². The van der Waals surface area contributed by atoms with Crippen molar-refractivity contribution < 1.29 is 0 Å². The predicted molar refractivity (Wildman–Crippen MR) is 76.9 cm³/mol. The van der Waals surface area contributed by atoms with E-state index in [1.54, 1.807) is 0 Å². The lowest BCUT2D eigenvalue weighted by Crippen LogP contribution is -2.40. The largest absolute Gasteiger partial charge is 0.356 e. The summed E-state index contributed by atoms with van der Waals surface area (Å²) in [7, 11) is 1.99. The normalized spacial score (nSPS) is 20.8. The van der Waals surface area contributed by atoms with E-state index in [1.165, 1.54) is 18.4 Å². The van der Waals surface area contributed by atoms with E-state index in [0.29, 0.717) is 11.5 Å². The van der Waals surface area contributed by atoms with Crippen LogP contribution in [0.1, 0.15) is 45.2 Å². The molecule has 1 atom stereocenters. The standard InChI is InChI=1S/C15H25N3/c1-12(16-4)13-6-8-17-14(10-13)18-9-5-7-15(2,3)11-18/h6,8,10,12,16H,5,7,9,11H2,1-4H3. The summed E-state index contributed by atoms with van der Waals surface area (Å²) in [6.07, 6.45) is 4.51. The Hall–Kier alpha value is -1.09. The Bertz CT molecular complexity index is 400. The minimum absolute atomic E-state index is 0.379. The van der Waals surface area contributed by atoms with Crippen LogP contribution >= 0.6 is 0 Å². The molecule has 1 unspecified atom stereocenters. The Morgan fingerprint density at radius 2 is 2.22 bits per heavy atom. The Morgan fingerprint density at radius 1 is 1.44 bits per heavy atom. The van der Waals surface area contributed by atoms with Crippen LogP contribution in [0.5, 0.6) is 0 Å². The molecular formula is C15H25N3. The lowest BCUT2D eigenvalue weighted by molar-refractivity contribution is 0.292. The molecule has 0 saturated carbocycles. The Morgan fingerprint density at radius 3 is 2.89 bits per heavy atom. The number of nitrogens with one attached hydrogen (secondary N) is 1. The van der Waals surface area contributed by atoms with E-state index in [9.17, 15) is 0 Å². The van der Waals surface area contributed by atoms with Crippen LogP contribution in [0.4, 0.5) is 5.82 Å². The smallest absolute Gasteiger partial charge is 0.128 e. The number of hydrogen-bond donors (Lipinski definition) is 1. The maximum Gasteiger partial charge on any atom is 0.128 e. The van der Waals surface area contributed by atoms with E-state index < -0.39 is 0 Å². The zero-order valence-electron chi connectivity index (χ0n) is 12.0. The molecule has 2 heterocycles. The van der Waals surface area contributed by atoms with Crippen LogP contribution in [0.15, 0.2) is 18.3 Å². The van der Waals surface area contributed by atoms with Crippen molar-refractivity contribution in [1.82, 2.24) is 10.3 Å². The number of pyridine rings is 1. The van der Waals surface area contributed by atoms with Gasteiger partial charge in [0.05, 0.1) is 0 Å². The van der Waals surface area contributed by atoms with Gasteiger partial charge in [0, 0.05) is 25.3 Å². The van der Waals surface area contributed by atoms with Crippen LogP contribution in [0.2, 0.25) is 0 Å². The molecule has 1 saturated heterocycles. The molecule has 1 aromatic heterocycles. The molecule has 1 N–H and O–H groups in total. The monoisotopic (exact) mass is 247 g/mol. The summed E-state index contributed by atoms with van der Waals surface area (Å²) < 4.78 is 0. The molecule has 100 valence electrons. The summed E-state index contributed by atoms with van der Waals surface area (Å²) in [6, 6.07) is 4.70. The van der Waals surface area contributed by atoms with Crippen molar-refractivity contribution >= 4 is 5.82 Å². The van der Waals surface area contributed by atoms with Gasteiger partial charge >= 0.3 is 0 Å². The number of nitrogens with zero attached hydrogens (tertiary/aromatic N) is 2. The van der Waals surface area contributed by atoms with Gasteiger partial charge in [-0.15, -0.1) is 0 Å². The van der Waals surface area contributed by atoms with Gasteiger partial charge in [-0.3, -0.25) is 0 Å². The summed E-state index contributed by atoms with van der Waals surface area (Å²) >= 11 is 0. The lowest BCUT2D eigenvalue weighted by Gasteiger charge is -2.38. The molecule has 3 nitrogen and oxygen atoms in total. The molecule has 0 bridgehead atoms. The molecule has 2 rings (SSSR count). The summed E-state index contributed by atoms with van der Waals surface area (Å²) in [4.78, 5) is 6.97. The summed E-state index contributed by atoms with van der Waals surface area (Å²) in [5, 5.41) is 3.28. The molecule has 0 aromatic carbocycles. The van der Waals surface area contributed by atoms with Crippen LogP contribution in [0, 0.1) is 5.41 Å². The third-order valence-corrected chi connectivity index (χ3v) is 3.93. The SMILES string of the molecule is CNC(C)c1ccnc(N2CCCC(C)(C)C2)c1. The third kappa shape index (κ3) is 3.02. The average molecular weight is 247 g/mol. The van der Waals surface area contributed by atoms with E-state index in [4.69, 9.17) is 0 Å². The maximum atomic E-state index is 4.54. The minimum atomic E-state index is 0.379. The first-order valence-electron chi connectivity index (χ1n) is 6.90. The van der Waals surface area contributed by atoms with Gasteiger partial charge in [0.15, 0.2) is 0 Å². The fourth-order valence-electron chi connectivity index (χ4n) is 2.66. The Balaban J connectivity index is 2.18. The Kier molecular flexibility index (Phi) is 3.91. The van der Waals surface area contributed by atoms with Crippen molar-refractivity contribution in [2.45, 2.75) is 39.7 Å². The van der Waals surface area contributed by atoms with E-state index in [1.807, 2.05) is 13.2 Å². The van der Waals surface area contributed by atoms with Crippen molar-refractivity contribution in [3.8, 4) is 0 Å². The highest BCUT2D eigenvalue weighted by Gasteiger charge is 2.27. The molecule has 0 radical (unpaired) electrons. The average Bonchev–Trinajstić information content (AvgIpc) is 2.37. The van der Waals surface area contributed by atoms with Gasteiger partial charge in [-0.2, -0.15) is 0 Å². The van der Waals surface area contributed by atoms with Crippen LogP contribution in [0.3, 0.4) is 0 Å². The summed E-state index contributed by atoms with van der Waals surface area (Å²) in [5.74, 6) is 1.13. The van der Waals surface area contributed by atoms with Gasteiger partial charge in [0.1, 0.15) is 5.82 Å². The number of rotatable bonds is 3. The molecule has 1 fully saturated rings. The predicted octanol–water partition coefficient (Wildman–Crippen LogP) is 2.99. The van der Waals surface area contributed by atoms with Crippen LogP contribution < -0.4 is 10.2 Å². The Labute approximate surface area is 111 Å². The fourth-order valence-corrected chi connectivity index (χ4v) is 2.66. The van der Waals surface area contributed by atoms with Crippen molar-refractivity contribution in [3.05, 3.63) is 23.9 Å². The first-order valence-corrected chi connectivity index (χ1v) is 6.90. The fraction of sp³-hybridized carbons (Fsp3) is 0.667. The quantitative estimate of drug-likeness (QED) is 0.890. The number of hydrogen-bond acceptors (Lipinski definition) is 3. The molecule has 3 heteroatoms. The highest BCUT2D eigenvalue weighted by atomic mass is 15.2. The highest BCUT2D eigenvalue weighted by molar-refractivity contribution is 5.42. The topological polar surface area (TPSA) is 28.2 Å². The minimum Gasteiger partial charge on any atom is -0.356 e. The van der Waals surface area contributed by atoms with Gasteiger partial charge in [-0.25, -0.2) is 4.98 Å². The van der Waals surface area contributed by atoms with Crippen LogP contribution in [-0.4, -0.2) is 25.1 Å². The maximum absolute atomic E-state index is 4.54. The second-order valence-corrected chi connectivity index (χ2v) is 6.15. The van der Waals surface area contributed by atoms with E-state index in [-0.39, 0.29) is 0 Å². The molecule has 1 aliphatic rings. The van der Waals surface area contributed by atoms with E-state index in [2.05, 4.69) is 48.1 Å². The van der Waals surface area contributed by atoms with Crippen molar-refractivity contribution in [2.75, 3.05) is 25.0 Å². The second-order valence-electron chi connectivity index (χ2n) is 6.15. The first kappa shape index (κ1) is 13.3. The van der Waals surface area contributed by atoms with Crippen molar-refractivity contribution in [1.29, 1.82) is 0 Å². The third-order valence-electron chi connectivity index (χ3n) is 3.93. The molecular weight excluding hydrogens is 222 g/mol. The number of anilines is 1. The molecule has 18 heavy (non-hydrogen) atoms. The van der Waals surface area contributed by atoms with E-state index >= 15 is 0 Å². The highest BCUT2D eigenvalue weighted by Crippen LogP contribution is 2.31. The van der Waals surface area contributed by atoms with Crippen molar-refractivity contribution in [2.24, 2.45) is 5.41 Å². The zero-order valence-corrected chi connectivity index (χ0v) is 12.0. The molecule has 0 amide bonds. The van der Waals surface area contributed by atoms with Crippen LogP contribution in [-0.2, 0) is 0 Å². The summed E-state index contributed by atoms with van der Waals surface area (Å²) in [5.41, 5.74) is 1.72. The van der Waals surface area contributed by atoms with Gasteiger partial charge < -0.3 is 10.2 Å². The number of piperidine rings is 1. The summed E-state index contributed by atoms with van der Waals surface area (Å²) in [6.45, 7) is 9.11. The second kappa shape index (κ2) is 5.27. The van der Waals surface area contributed by atoms with Crippen LogP contribution in [0.25, 0.3) is 0 Å². The van der Waals surface area contributed by atoms with Crippen molar-refractivity contribution in [3.63, 3.8) is 0 Å². The van der Waals surface area contributed by atoms with E-state index in [0.717, 1.165) is 18.9 Å². The number of aromatic nitrogens is 1. The first-order chi connectivity index (χ1) is 8.52. The molecule has 1 aliphatic heterocycles. The molecule has 1 aromatic rings. The van der Waals surface area contributed by atoms with Gasteiger partial charge in [0.25, 0.3) is 0 Å². The van der Waals surface area contributed by atoms with Gasteiger partial charge in [-0.05, 0) is 49.9 Å². The molecule has 0 aliphatic carbocycles. The zero-order chi connectivity index (χ0) is 13.2.